The minimum atomic E-state index is -3.45. The zero-order valence-corrected chi connectivity index (χ0v) is 12.8. The van der Waals surface area contributed by atoms with Gasteiger partial charge in [-0.1, -0.05) is 13.8 Å². The molecule has 0 aromatic heterocycles. The number of hydrogen-bond acceptors (Lipinski definition) is 4. The van der Waals surface area contributed by atoms with Crippen LogP contribution in [-0.4, -0.2) is 33.3 Å². The van der Waals surface area contributed by atoms with Crippen molar-refractivity contribution >= 4 is 10.0 Å². The molecule has 0 spiro atoms. The third-order valence-corrected chi connectivity index (χ3v) is 4.22. The molecular weight excluding hydrogens is 278 g/mol. The molecule has 0 atom stereocenters. The van der Waals surface area contributed by atoms with Crippen molar-refractivity contribution in [1.82, 2.24) is 4.72 Å². The lowest BCUT2D eigenvalue weighted by molar-refractivity contribution is 0.201. The summed E-state index contributed by atoms with van der Waals surface area (Å²) in [4.78, 5) is 0.221. The molecule has 1 rings (SSSR count). The highest BCUT2D eigenvalue weighted by molar-refractivity contribution is 7.89. The van der Waals surface area contributed by atoms with E-state index in [1.165, 1.54) is 12.1 Å². The minimum absolute atomic E-state index is 0.0720. The zero-order chi connectivity index (χ0) is 15.0. The lowest BCUT2D eigenvalue weighted by atomic mass is 10.1. The number of rotatable bonds is 9. The molecule has 1 aromatic rings. The van der Waals surface area contributed by atoms with Crippen LogP contribution in [0.2, 0.25) is 0 Å². The second-order valence-electron chi connectivity index (χ2n) is 4.98. The molecule has 5 nitrogen and oxygen atoms in total. The predicted molar refractivity (Wildman–Crippen MR) is 78.3 cm³/mol. The van der Waals surface area contributed by atoms with Gasteiger partial charge in [0.2, 0.25) is 10.0 Å². The van der Waals surface area contributed by atoms with Gasteiger partial charge in [0.15, 0.2) is 0 Å². The number of nitrogens with one attached hydrogen (secondary N) is 1. The Labute approximate surface area is 121 Å². The Morgan fingerprint density at radius 1 is 1.25 bits per heavy atom. The van der Waals surface area contributed by atoms with E-state index in [9.17, 15) is 8.42 Å². The van der Waals surface area contributed by atoms with Crippen LogP contribution in [0.25, 0.3) is 0 Å². The van der Waals surface area contributed by atoms with Crippen LogP contribution in [0.1, 0.15) is 26.7 Å². The molecule has 2 N–H and O–H groups in total. The molecule has 1 aromatic carbocycles. The molecular formula is C14H23NO4S. The first-order chi connectivity index (χ1) is 9.45. The second-order valence-corrected chi connectivity index (χ2v) is 6.74. The van der Waals surface area contributed by atoms with Crippen molar-refractivity contribution in [1.29, 1.82) is 0 Å². The fourth-order valence-electron chi connectivity index (χ4n) is 1.68. The summed E-state index contributed by atoms with van der Waals surface area (Å²) >= 11 is 0. The van der Waals surface area contributed by atoms with Crippen molar-refractivity contribution in [2.24, 2.45) is 5.92 Å². The van der Waals surface area contributed by atoms with E-state index in [0.29, 0.717) is 18.2 Å². The molecule has 0 fully saturated rings. The molecule has 114 valence electrons. The van der Waals surface area contributed by atoms with Gasteiger partial charge in [-0.05, 0) is 43.0 Å². The average Bonchev–Trinajstić information content (AvgIpc) is 2.42. The number of aliphatic hydroxyl groups excluding tert-OH is 1. The topological polar surface area (TPSA) is 75.6 Å². The van der Waals surface area contributed by atoms with Crippen molar-refractivity contribution in [2.75, 3.05) is 19.8 Å². The first-order valence-corrected chi connectivity index (χ1v) is 8.27. The largest absolute Gasteiger partial charge is 0.491 e. The van der Waals surface area contributed by atoms with Crippen LogP contribution in [-0.2, 0) is 10.0 Å². The highest BCUT2D eigenvalue weighted by Gasteiger charge is 2.13. The number of sulfonamides is 1. The van der Waals surface area contributed by atoms with E-state index in [-0.39, 0.29) is 18.1 Å². The van der Waals surface area contributed by atoms with Gasteiger partial charge in [0.05, 0.1) is 11.5 Å². The van der Waals surface area contributed by atoms with Gasteiger partial charge in [-0.25, -0.2) is 13.1 Å². The Morgan fingerprint density at radius 3 is 2.45 bits per heavy atom. The van der Waals surface area contributed by atoms with E-state index in [1.54, 1.807) is 12.1 Å². The molecule has 0 saturated heterocycles. The van der Waals surface area contributed by atoms with Gasteiger partial charge < -0.3 is 9.84 Å². The fourth-order valence-corrected chi connectivity index (χ4v) is 2.75. The van der Waals surface area contributed by atoms with Gasteiger partial charge in [-0.2, -0.15) is 0 Å². The lowest BCUT2D eigenvalue weighted by Crippen LogP contribution is -2.25. The molecule has 0 aliphatic carbocycles. The number of benzene rings is 1. The zero-order valence-electron chi connectivity index (χ0n) is 12.0. The lowest BCUT2D eigenvalue weighted by Gasteiger charge is -2.09. The van der Waals surface area contributed by atoms with Gasteiger partial charge in [0.25, 0.3) is 0 Å². The molecule has 0 saturated carbocycles. The molecule has 20 heavy (non-hydrogen) atoms. The third kappa shape index (κ3) is 5.90. The first-order valence-electron chi connectivity index (χ1n) is 6.79. The number of ether oxygens (including phenoxy) is 1. The smallest absolute Gasteiger partial charge is 0.240 e. The van der Waals surface area contributed by atoms with Crippen LogP contribution >= 0.6 is 0 Å². The summed E-state index contributed by atoms with van der Waals surface area (Å²) in [5.41, 5.74) is 0. The van der Waals surface area contributed by atoms with Crippen LogP contribution in [0.5, 0.6) is 5.75 Å². The van der Waals surface area contributed by atoms with E-state index >= 15 is 0 Å². The van der Waals surface area contributed by atoms with Gasteiger partial charge >= 0.3 is 0 Å². The molecule has 0 amide bonds. The predicted octanol–water partition coefficient (Wildman–Crippen LogP) is 1.77. The summed E-state index contributed by atoms with van der Waals surface area (Å²) in [6, 6.07) is 6.16. The molecule has 0 heterocycles. The Balaban J connectivity index is 2.54. The number of hydrogen-bond donors (Lipinski definition) is 2. The maximum Gasteiger partial charge on any atom is 0.240 e. The van der Waals surface area contributed by atoms with Crippen LogP contribution in [0.4, 0.5) is 0 Å². The van der Waals surface area contributed by atoms with Crippen molar-refractivity contribution in [2.45, 2.75) is 31.6 Å². The molecule has 0 unspecified atom stereocenters. The van der Waals surface area contributed by atoms with Gasteiger partial charge in [0, 0.05) is 6.54 Å². The second kappa shape index (κ2) is 8.24. The summed E-state index contributed by atoms with van der Waals surface area (Å²) in [7, 11) is -3.45. The van der Waals surface area contributed by atoms with Gasteiger partial charge in [0.1, 0.15) is 12.4 Å². The van der Waals surface area contributed by atoms with E-state index in [0.717, 1.165) is 12.8 Å². The van der Waals surface area contributed by atoms with E-state index in [1.807, 2.05) is 0 Å². The normalized spacial score (nSPS) is 11.8. The fraction of sp³-hybridized carbons (Fsp3) is 0.571. The molecule has 0 aliphatic heterocycles. The van der Waals surface area contributed by atoms with Gasteiger partial charge in [-0.15, -0.1) is 0 Å². The Morgan fingerprint density at radius 2 is 1.90 bits per heavy atom. The maximum atomic E-state index is 12.0. The molecule has 0 radical (unpaired) electrons. The molecule has 0 bridgehead atoms. The van der Waals surface area contributed by atoms with Crippen LogP contribution in [0, 0.1) is 5.92 Å². The van der Waals surface area contributed by atoms with E-state index in [2.05, 4.69) is 18.6 Å². The van der Waals surface area contributed by atoms with Crippen molar-refractivity contribution in [3.8, 4) is 5.75 Å². The first kappa shape index (κ1) is 16.9. The van der Waals surface area contributed by atoms with E-state index in [4.69, 9.17) is 9.84 Å². The number of aliphatic hydroxyl groups is 1. The Bertz CT molecular complexity index is 482. The van der Waals surface area contributed by atoms with Crippen LogP contribution in [0.15, 0.2) is 29.2 Å². The van der Waals surface area contributed by atoms with E-state index < -0.39 is 10.0 Å². The summed E-state index contributed by atoms with van der Waals surface area (Å²) < 4.78 is 31.8. The van der Waals surface area contributed by atoms with Crippen molar-refractivity contribution in [3.63, 3.8) is 0 Å². The monoisotopic (exact) mass is 301 g/mol. The minimum Gasteiger partial charge on any atom is -0.491 e. The standard InChI is InChI=1S/C14H23NO4S/c1-12(2)4-3-9-15-20(17,18)14-7-5-13(6-8-14)19-11-10-16/h5-8,12,15-16H,3-4,9-11H2,1-2H3. The summed E-state index contributed by atoms with van der Waals surface area (Å²) in [6.07, 6.45) is 1.82. The summed E-state index contributed by atoms with van der Waals surface area (Å²) in [6.45, 7) is 4.79. The average molecular weight is 301 g/mol. The Kier molecular flexibility index (Phi) is 6.98. The molecule has 6 heteroatoms. The van der Waals surface area contributed by atoms with Crippen molar-refractivity contribution < 1.29 is 18.3 Å². The van der Waals surface area contributed by atoms with Crippen LogP contribution in [0.3, 0.4) is 0 Å². The quantitative estimate of drug-likeness (QED) is 0.682. The highest BCUT2D eigenvalue weighted by atomic mass is 32.2. The molecule has 0 aliphatic rings. The van der Waals surface area contributed by atoms with Crippen LogP contribution < -0.4 is 9.46 Å². The van der Waals surface area contributed by atoms with Gasteiger partial charge in [-0.3, -0.25) is 0 Å². The summed E-state index contributed by atoms with van der Waals surface area (Å²) in [5.74, 6) is 1.11. The maximum absolute atomic E-state index is 12.0. The third-order valence-electron chi connectivity index (χ3n) is 2.74. The Hall–Kier alpha value is -1.11. The highest BCUT2D eigenvalue weighted by Crippen LogP contribution is 2.16. The SMILES string of the molecule is CC(C)CCCNS(=O)(=O)c1ccc(OCCO)cc1. The van der Waals surface area contributed by atoms with Crippen molar-refractivity contribution in [3.05, 3.63) is 24.3 Å². The summed E-state index contributed by atoms with van der Waals surface area (Å²) in [5, 5.41) is 8.64.